The normalized spacial score (nSPS) is 15.6. The van der Waals surface area contributed by atoms with Gasteiger partial charge in [0.1, 0.15) is 6.54 Å². The summed E-state index contributed by atoms with van der Waals surface area (Å²) in [6, 6.07) is 10.4. The van der Waals surface area contributed by atoms with Crippen LogP contribution < -0.4 is 5.32 Å². The Kier molecular flexibility index (Phi) is 2.80. The van der Waals surface area contributed by atoms with E-state index < -0.39 is 0 Å². The number of hydrogen-bond acceptors (Lipinski definition) is 2. The molecule has 94 valence electrons. The van der Waals surface area contributed by atoms with Gasteiger partial charge in [-0.05, 0) is 24.4 Å². The van der Waals surface area contributed by atoms with Crippen LogP contribution in [0.3, 0.4) is 0 Å². The molecule has 4 nitrogen and oxygen atoms in total. The Balaban J connectivity index is 1.80. The second-order valence-corrected chi connectivity index (χ2v) is 4.73. The number of fused-ring (bicyclic) bond motifs is 1. The predicted octanol–water partition coefficient (Wildman–Crippen LogP) is 1.46. The van der Waals surface area contributed by atoms with Crippen LogP contribution in [0.25, 0.3) is 10.9 Å². The lowest BCUT2D eigenvalue weighted by Gasteiger charge is -2.27. The van der Waals surface area contributed by atoms with Gasteiger partial charge < -0.3 is 14.6 Å². The first kappa shape index (κ1) is 11.3. The third-order valence-electron chi connectivity index (χ3n) is 3.32. The highest BCUT2D eigenvalue weighted by atomic mass is 16.5. The number of nitrogens with zero attached hydrogens (tertiary/aromatic N) is 1. The molecule has 2 heterocycles. The molecule has 3 rings (SSSR count). The average Bonchev–Trinajstić information content (AvgIpc) is 2.61. The van der Waals surface area contributed by atoms with Crippen molar-refractivity contribution in [3.8, 4) is 0 Å². The Hall–Kier alpha value is -1.81. The van der Waals surface area contributed by atoms with Gasteiger partial charge in [0.05, 0.1) is 19.3 Å². The first-order valence-corrected chi connectivity index (χ1v) is 6.16. The quantitative estimate of drug-likeness (QED) is 0.888. The summed E-state index contributed by atoms with van der Waals surface area (Å²) in [7, 11) is 0. The molecule has 1 aliphatic rings. The standard InChI is InChI=1S/C14H16N2O2/c1-10-6-11-4-2-3-5-13(11)16(10)7-14(17)15-12-8-18-9-12/h2-6,12H,7-9H2,1H3,(H,15,17). The van der Waals surface area contributed by atoms with Gasteiger partial charge >= 0.3 is 0 Å². The van der Waals surface area contributed by atoms with Crippen molar-refractivity contribution in [2.24, 2.45) is 0 Å². The fourth-order valence-corrected chi connectivity index (χ4v) is 2.29. The molecule has 2 aromatic rings. The van der Waals surface area contributed by atoms with E-state index in [1.54, 1.807) is 0 Å². The maximum Gasteiger partial charge on any atom is 0.240 e. The van der Waals surface area contributed by atoms with Crippen LogP contribution in [-0.2, 0) is 16.1 Å². The summed E-state index contributed by atoms with van der Waals surface area (Å²) >= 11 is 0. The first-order chi connectivity index (χ1) is 8.74. The van der Waals surface area contributed by atoms with Gasteiger partial charge in [-0.25, -0.2) is 0 Å². The van der Waals surface area contributed by atoms with Crippen molar-refractivity contribution in [3.05, 3.63) is 36.0 Å². The second kappa shape index (κ2) is 4.46. The van der Waals surface area contributed by atoms with Gasteiger partial charge in [-0.15, -0.1) is 0 Å². The Morgan fingerprint density at radius 1 is 1.44 bits per heavy atom. The highest BCUT2D eigenvalue weighted by Gasteiger charge is 2.20. The monoisotopic (exact) mass is 244 g/mol. The van der Waals surface area contributed by atoms with Crippen molar-refractivity contribution in [1.29, 1.82) is 0 Å². The summed E-state index contributed by atoms with van der Waals surface area (Å²) in [6.07, 6.45) is 0. The summed E-state index contributed by atoms with van der Waals surface area (Å²) in [5, 5.41) is 4.14. The van der Waals surface area contributed by atoms with E-state index in [-0.39, 0.29) is 11.9 Å². The molecule has 0 saturated carbocycles. The van der Waals surface area contributed by atoms with E-state index in [2.05, 4.69) is 17.4 Å². The lowest BCUT2D eigenvalue weighted by Crippen LogP contribution is -2.49. The van der Waals surface area contributed by atoms with Crippen LogP contribution in [0, 0.1) is 6.92 Å². The van der Waals surface area contributed by atoms with Crippen molar-refractivity contribution >= 4 is 16.8 Å². The van der Waals surface area contributed by atoms with Crippen LogP contribution in [0.1, 0.15) is 5.69 Å². The van der Waals surface area contributed by atoms with Crippen LogP contribution in [0.2, 0.25) is 0 Å². The van der Waals surface area contributed by atoms with E-state index >= 15 is 0 Å². The SMILES string of the molecule is Cc1cc2ccccc2n1CC(=O)NC1COC1. The zero-order valence-corrected chi connectivity index (χ0v) is 10.3. The molecular weight excluding hydrogens is 228 g/mol. The lowest BCUT2D eigenvalue weighted by molar-refractivity contribution is -0.125. The number of carbonyl (C=O) groups excluding carboxylic acids is 1. The second-order valence-electron chi connectivity index (χ2n) is 4.73. The molecule has 0 radical (unpaired) electrons. The Morgan fingerprint density at radius 2 is 2.22 bits per heavy atom. The number of nitrogens with one attached hydrogen (secondary N) is 1. The minimum absolute atomic E-state index is 0.0488. The number of aromatic nitrogens is 1. The molecule has 0 unspecified atom stereocenters. The number of amides is 1. The number of hydrogen-bond donors (Lipinski definition) is 1. The van der Waals surface area contributed by atoms with Gasteiger partial charge in [0.2, 0.25) is 5.91 Å². The van der Waals surface area contributed by atoms with E-state index in [4.69, 9.17) is 4.74 Å². The van der Waals surface area contributed by atoms with Crippen molar-refractivity contribution in [2.45, 2.75) is 19.5 Å². The van der Waals surface area contributed by atoms with E-state index in [9.17, 15) is 4.79 Å². The van der Waals surface area contributed by atoms with Gasteiger partial charge in [-0.3, -0.25) is 4.79 Å². The topological polar surface area (TPSA) is 43.3 Å². The summed E-state index contributed by atoms with van der Waals surface area (Å²) in [6.45, 7) is 3.67. The van der Waals surface area contributed by atoms with Crippen molar-refractivity contribution in [3.63, 3.8) is 0 Å². The Bertz CT molecular complexity index is 584. The summed E-state index contributed by atoms with van der Waals surface area (Å²) in [4.78, 5) is 11.9. The molecule has 18 heavy (non-hydrogen) atoms. The van der Waals surface area contributed by atoms with Crippen molar-refractivity contribution in [2.75, 3.05) is 13.2 Å². The van der Waals surface area contributed by atoms with E-state index in [1.807, 2.05) is 29.7 Å². The number of benzene rings is 1. The molecule has 1 N–H and O–H groups in total. The van der Waals surface area contributed by atoms with E-state index in [0.717, 1.165) is 11.2 Å². The minimum atomic E-state index is 0.0488. The van der Waals surface area contributed by atoms with Crippen LogP contribution in [-0.4, -0.2) is 29.7 Å². The number of carbonyl (C=O) groups is 1. The third kappa shape index (κ3) is 1.99. The molecule has 4 heteroatoms. The average molecular weight is 244 g/mol. The van der Waals surface area contributed by atoms with Gasteiger partial charge in [-0.2, -0.15) is 0 Å². The molecule has 0 atom stereocenters. The minimum Gasteiger partial charge on any atom is -0.377 e. The van der Waals surface area contributed by atoms with Crippen LogP contribution >= 0.6 is 0 Å². The van der Waals surface area contributed by atoms with E-state index in [0.29, 0.717) is 19.8 Å². The highest BCUT2D eigenvalue weighted by molar-refractivity contribution is 5.84. The number of rotatable bonds is 3. The fraction of sp³-hybridized carbons (Fsp3) is 0.357. The Morgan fingerprint density at radius 3 is 2.94 bits per heavy atom. The number of para-hydroxylation sites is 1. The van der Waals surface area contributed by atoms with E-state index in [1.165, 1.54) is 5.39 Å². The van der Waals surface area contributed by atoms with Crippen molar-refractivity contribution in [1.82, 2.24) is 9.88 Å². The third-order valence-corrected chi connectivity index (χ3v) is 3.32. The molecule has 1 saturated heterocycles. The van der Waals surface area contributed by atoms with Crippen molar-refractivity contribution < 1.29 is 9.53 Å². The largest absolute Gasteiger partial charge is 0.377 e. The van der Waals surface area contributed by atoms with Gasteiger partial charge in [0.15, 0.2) is 0 Å². The van der Waals surface area contributed by atoms with Gasteiger partial charge in [0.25, 0.3) is 0 Å². The number of ether oxygens (including phenoxy) is 1. The molecular formula is C14H16N2O2. The maximum atomic E-state index is 11.9. The summed E-state index contributed by atoms with van der Waals surface area (Å²) < 4.78 is 7.09. The van der Waals surface area contributed by atoms with Gasteiger partial charge in [0, 0.05) is 11.2 Å². The molecule has 1 aromatic carbocycles. The predicted molar refractivity (Wildman–Crippen MR) is 69.4 cm³/mol. The first-order valence-electron chi connectivity index (χ1n) is 6.16. The van der Waals surface area contributed by atoms with Crippen LogP contribution in [0.5, 0.6) is 0 Å². The van der Waals surface area contributed by atoms with Crippen LogP contribution in [0.4, 0.5) is 0 Å². The molecule has 0 spiro atoms. The highest BCUT2D eigenvalue weighted by Crippen LogP contribution is 2.18. The molecule has 1 aliphatic heterocycles. The molecule has 1 amide bonds. The molecule has 1 fully saturated rings. The summed E-state index contributed by atoms with van der Waals surface area (Å²) in [5.41, 5.74) is 2.21. The molecule has 0 aliphatic carbocycles. The maximum absolute atomic E-state index is 11.9. The lowest BCUT2D eigenvalue weighted by atomic mass is 10.2. The molecule has 1 aromatic heterocycles. The smallest absolute Gasteiger partial charge is 0.240 e. The zero-order valence-electron chi connectivity index (χ0n) is 10.3. The number of aryl methyl sites for hydroxylation is 1. The van der Waals surface area contributed by atoms with Gasteiger partial charge in [-0.1, -0.05) is 18.2 Å². The summed E-state index contributed by atoms with van der Waals surface area (Å²) in [5.74, 6) is 0.0488. The fourth-order valence-electron chi connectivity index (χ4n) is 2.29. The molecule has 0 bridgehead atoms. The zero-order chi connectivity index (χ0) is 12.5. The van der Waals surface area contributed by atoms with Crippen LogP contribution in [0.15, 0.2) is 30.3 Å². The Labute approximate surface area is 106 Å².